The SMILES string of the molecule is CCC[C@H](N)C(=O)Nc1cccc(NC(=O)c2cccnc2)c1. The summed E-state index contributed by atoms with van der Waals surface area (Å²) in [6, 6.07) is 9.77. The molecule has 2 amide bonds. The van der Waals surface area contributed by atoms with Crippen LogP contribution in [0.5, 0.6) is 0 Å². The third-order valence-electron chi connectivity index (χ3n) is 3.25. The number of hydrogen-bond acceptors (Lipinski definition) is 4. The molecule has 0 spiro atoms. The van der Waals surface area contributed by atoms with Gasteiger partial charge in [0.1, 0.15) is 0 Å². The fourth-order valence-corrected chi connectivity index (χ4v) is 2.05. The van der Waals surface area contributed by atoms with Gasteiger partial charge in [0.25, 0.3) is 5.91 Å². The molecule has 0 aliphatic rings. The van der Waals surface area contributed by atoms with E-state index >= 15 is 0 Å². The number of nitrogens with one attached hydrogen (secondary N) is 2. The average Bonchev–Trinajstić information content (AvgIpc) is 2.56. The Balaban J connectivity index is 2.02. The summed E-state index contributed by atoms with van der Waals surface area (Å²) in [6.45, 7) is 1.97. The molecule has 0 unspecified atom stereocenters. The molecular formula is C17H20N4O2. The van der Waals surface area contributed by atoms with Crippen LogP contribution in [0.3, 0.4) is 0 Å². The molecule has 4 N–H and O–H groups in total. The molecule has 1 atom stereocenters. The third kappa shape index (κ3) is 4.89. The number of amides is 2. The van der Waals surface area contributed by atoms with Crippen molar-refractivity contribution < 1.29 is 9.59 Å². The highest BCUT2D eigenvalue weighted by Gasteiger charge is 2.12. The molecule has 6 heteroatoms. The van der Waals surface area contributed by atoms with E-state index < -0.39 is 6.04 Å². The predicted octanol–water partition coefficient (Wildman–Crippen LogP) is 2.40. The number of hydrogen-bond donors (Lipinski definition) is 3. The Morgan fingerprint density at radius 2 is 1.91 bits per heavy atom. The van der Waals surface area contributed by atoms with Crippen molar-refractivity contribution in [1.82, 2.24) is 4.98 Å². The summed E-state index contributed by atoms with van der Waals surface area (Å²) >= 11 is 0. The van der Waals surface area contributed by atoms with Gasteiger partial charge in [-0.15, -0.1) is 0 Å². The number of nitrogens with two attached hydrogens (primary N) is 1. The Bertz CT molecular complexity index is 673. The zero-order chi connectivity index (χ0) is 16.7. The van der Waals surface area contributed by atoms with Crippen molar-refractivity contribution in [2.75, 3.05) is 10.6 Å². The molecular weight excluding hydrogens is 292 g/mol. The lowest BCUT2D eigenvalue weighted by Crippen LogP contribution is -2.35. The van der Waals surface area contributed by atoms with Crippen LogP contribution in [0, 0.1) is 0 Å². The van der Waals surface area contributed by atoms with Crippen molar-refractivity contribution in [3.05, 3.63) is 54.4 Å². The van der Waals surface area contributed by atoms with Crippen LogP contribution in [0.1, 0.15) is 30.1 Å². The maximum absolute atomic E-state index is 12.1. The van der Waals surface area contributed by atoms with E-state index in [1.807, 2.05) is 6.92 Å². The van der Waals surface area contributed by atoms with Gasteiger partial charge in [-0.1, -0.05) is 19.4 Å². The van der Waals surface area contributed by atoms with E-state index in [2.05, 4.69) is 15.6 Å². The smallest absolute Gasteiger partial charge is 0.257 e. The van der Waals surface area contributed by atoms with E-state index in [1.54, 1.807) is 42.6 Å². The third-order valence-corrected chi connectivity index (χ3v) is 3.25. The highest BCUT2D eigenvalue weighted by atomic mass is 16.2. The van der Waals surface area contributed by atoms with Gasteiger partial charge in [0.2, 0.25) is 5.91 Å². The fourth-order valence-electron chi connectivity index (χ4n) is 2.05. The summed E-state index contributed by atoms with van der Waals surface area (Å²) < 4.78 is 0. The lowest BCUT2D eigenvalue weighted by Gasteiger charge is -2.12. The molecule has 6 nitrogen and oxygen atoms in total. The number of rotatable bonds is 6. The predicted molar refractivity (Wildman–Crippen MR) is 90.1 cm³/mol. The minimum Gasteiger partial charge on any atom is -0.325 e. The maximum atomic E-state index is 12.1. The molecule has 0 aliphatic heterocycles. The van der Waals surface area contributed by atoms with E-state index in [0.717, 1.165) is 6.42 Å². The highest BCUT2D eigenvalue weighted by Crippen LogP contribution is 2.16. The minimum atomic E-state index is -0.534. The topological polar surface area (TPSA) is 97.1 Å². The van der Waals surface area contributed by atoms with Crippen LogP contribution >= 0.6 is 0 Å². The summed E-state index contributed by atoms with van der Waals surface area (Å²) in [4.78, 5) is 27.9. The Hall–Kier alpha value is -2.73. The molecule has 2 rings (SSSR count). The van der Waals surface area contributed by atoms with Gasteiger partial charge in [0.15, 0.2) is 0 Å². The standard InChI is InChI=1S/C17H20N4O2/c1-2-5-15(18)17(23)21-14-8-3-7-13(10-14)20-16(22)12-6-4-9-19-11-12/h3-4,6-11,15H,2,5,18H2,1H3,(H,20,22)(H,21,23)/t15-/m0/s1. The van der Waals surface area contributed by atoms with Gasteiger partial charge in [-0.2, -0.15) is 0 Å². The summed E-state index contributed by atoms with van der Waals surface area (Å²) in [5, 5.41) is 5.52. The van der Waals surface area contributed by atoms with E-state index in [0.29, 0.717) is 23.4 Å². The van der Waals surface area contributed by atoms with Crippen molar-refractivity contribution in [3.8, 4) is 0 Å². The second kappa shape index (κ2) is 8.05. The normalized spacial score (nSPS) is 11.6. The molecule has 120 valence electrons. The lowest BCUT2D eigenvalue weighted by atomic mass is 10.1. The molecule has 1 heterocycles. The highest BCUT2D eigenvalue weighted by molar-refractivity contribution is 6.04. The van der Waals surface area contributed by atoms with Crippen LogP contribution in [-0.2, 0) is 4.79 Å². The number of benzene rings is 1. The summed E-state index contributed by atoms with van der Waals surface area (Å²) in [5.74, 6) is -0.494. The van der Waals surface area contributed by atoms with Gasteiger partial charge in [-0.3, -0.25) is 14.6 Å². The summed E-state index contributed by atoms with van der Waals surface area (Å²) in [5.41, 5.74) is 7.42. The van der Waals surface area contributed by atoms with Gasteiger partial charge >= 0.3 is 0 Å². The van der Waals surface area contributed by atoms with Gasteiger partial charge in [0, 0.05) is 23.8 Å². The number of anilines is 2. The zero-order valence-electron chi connectivity index (χ0n) is 13.0. The van der Waals surface area contributed by atoms with Gasteiger partial charge in [0.05, 0.1) is 11.6 Å². The van der Waals surface area contributed by atoms with Gasteiger partial charge < -0.3 is 16.4 Å². The van der Waals surface area contributed by atoms with Crippen molar-refractivity contribution in [3.63, 3.8) is 0 Å². The average molecular weight is 312 g/mol. The lowest BCUT2D eigenvalue weighted by molar-refractivity contribution is -0.117. The number of carbonyl (C=O) groups excluding carboxylic acids is 2. The summed E-state index contributed by atoms with van der Waals surface area (Å²) in [7, 11) is 0. The Labute approximate surface area is 135 Å². The fraction of sp³-hybridized carbons (Fsp3) is 0.235. The molecule has 0 bridgehead atoms. The van der Waals surface area contributed by atoms with Crippen LogP contribution in [0.4, 0.5) is 11.4 Å². The first-order valence-corrected chi connectivity index (χ1v) is 7.48. The Kier molecular flexibility index (Phi) is 5.82. The zero-order valence-corrected chi connectivity index (χ0v) is 13.0. The molecule has 0 radical (unpaired) electrons. The number of nitrogens with zero attached hydrogens (tertiary/aromatic N) is 1. The number of pyridine rings is 1. The molecule has 0 saturated heterocycles. The first-order chi connectivity index (χ1) is 11.1. The Morgan fingerprint density at radius 1 is 1.17 bits per heavy atom. The molecule has 0 aliphatic carbocycles. The quantitative estimate of drug-likeness (QED) is 0.763. The number of aromatic nitrogens is 1. The monoisotopic (exact) mass is 312 g/mol. The van der Waals surface area contributed by atoms with Crippen LogP contribution in [0.15, 0.2) is 48.8 Å². The van der Waals surface area contributed by atoms with Crippen molar-refractivity contribution in [2.24, 2.45) is 5.73 Å². The Morgan fingerprint density at radius 3 is 2.57 bits per heavy atom. The molecule has 1 aromatic carbocycles. The van der Waals surface area contributed by atoms with Gasteiger partial charge in [-0.25, -0.2) is 0 Å². The van der Waals surface area contributed by atoms with Crippen molar-refractivity contribution in [1.29, 1.82) is 0 Å². The van der Waals surface area contributed by atoms with Crippen LogP contribution in [-0.4, -0.2) is 22.8 Å². The van der Waals surface area contributed by atoms with E-state index in [1.165, 1.54) is 6.20 Å². The molecule has 1 aromatic heterocycles. The molecule has 23 heavy (non-hydrogen) atoms. The van der Waals surface area contributed by atoms with E-state index in [9.17, 15) is 9.59 Å². The van der Waals surface area contributed by atoms with Crippen LogP contribution in [0.25, 0.3) is 0 Å². The second-order valence-electron chi connectivity index (χ2n) is 5.16. The molecule has 2 aromatic rings. The minimum absolute atomic E-state index is 0.234. The van der Waals surface area contributed by atoms with Crippen molar-refractivity contribution >= 4 is 23.2 Å². The molecule has 0 fully saturated rings. The van der Waals surface area contributed by atoms with Crippen LogP contribution in [0.2, 0.25) is 0 Å². The largest absolute Gasteiger partial charge is 0.325 e. The number of carbonyl (C=O) groups is 2. The first kappa shape index (κ1) is 16.6. The van der Waals surface area contributed by atoms with Gasteiger partial charge in [-0.05, 0) is 36.8 Å². The molecule has 0 saturated carbocycles. The summed E-state index contributed by atoms with van der Waals surface area (Å²) in [6.07, 6.45) is 4.57. The van der Waals surface area contributed by atoms with E-state index in [4.69, 9.17) is 5.73 Å². The second-order valence-corrected chi connectivity index (χ2v) is 5.16. The van der Waals surface area contributed by atoms with Crippen LogP contribution < -0.4 is 16.4 Å². The maximum Gasteiger partial charge on any atom is 0.257 e. The van der Waals surface area contributed by atoms with Crippen molar-refractivity contribution in [2.45, 2.75) is 25.8 Å². The van der Waals surface area contributed by atoms with E-state index in [-0.39, 0.29) is 11.8 Å². The first-order valence-electron chi connectivity index (χ1n) is 7.48.